The van der Waals surface area contributed by atoms with Crippen LogP contribution in [0.3, 0.4) is 0 Å². The van der Waals surface area contributed by atoms with Gasteiger partial charge in [-0.1, -0.05) is 31.2 Å². The lowest BCUT2D eigenvalue weighted by molar-refractivity contribution is -0.274. The van der Waals surface area contributed by atoms with Crippen molar-refractivity contribution in [3.63, 3.8) is 0 Å². The number of fused-ring (bicyclic) bond motifs is 2. The average Bonchev–Trinajstić information content (AvgIpc) is 2.93. The molecule has 0 spiro atoms. The predicted molar refractivity (Wildman–Crippen MR) is 147 cm³/mol. The van der Waals surface area contributed by atoms with Crippen LogP contribution in [0.4, 0.5) is 24.5 Å². The smallest absolute Gasteiger partial charge is 0.453 e. The maximum absolute atomic E-state index is 14.0. The van der Waals surface area contributed by atoms with Gasteiger partial charge >= 0.3 is 6.36 Å². The van der Waals surface area contributed by atoms with Gasteiger partial charge in [0, 0.05) is 6.54 Å². The lowest BCUT2D eigenvalue weighted by Gasteiger charge is -2.39. The fourth-order valence-corrected chi connectivity index (χ4v) is 7.51. The number of para-hydroxylation sites is 4. The second kappa shape index (κ2) is 11.9. The summed E-state index contributed by atoms with van der Waals surface area (Å²) >= 11 is 1.38. The Morgan fingerprint density at radius 1 is 1.05 bits per heavy atom. The van der Waals surface area contributed by atoms with Gasteiger partial charge in [0.05, 0.1) is 46.9 Å². The van der Waals surface area contributed by atoms with Crippen molar-refractivity contribution in [2.75, 3.05) is 24.1 Å². The molecule has 0 radical (unpaired) electrons. The van der Waals surface area contributed by atoms with Gasteiger partial charge in [-0.2, -0.15) is 0 Å². The number of halogens is 3. The third-order valence-corrected chi connectivity index (χ3v) is 9.56. The third kappa shape index (κ3) is 6.33. The van der Waals surface area contributed by atoms with Crippen LogP contribution in [0, 0.1) is 0 Å². The highest BCUT2D eigenvalue weighted by molar-refractivity contribution is 8.01. The van der Waals surface area contributed by atoms with Gasteiger partial charge in [-0.05, 0) is 66.9 Å². The van der Waals surface area contributed by atoms with Crippen molar-refractivity contribution in [2.24, 2.45) is 4.36 Å². The zero-order valence-corrected chi connectivity index (χ0v) is 23.0. The van der Waals surface area contributed by atoms with Crippen LogP contribution in [-0.2, 0) is 14.7 Å². The molecule has 1 saturated heterocycles. The molecule has 13 heteroatoms. The molecule has 2 aliphatic heterocycles. The summed E-state index contributed by atoms with van der Waals surface area (Å²) in [6.45, 7) is 2.42. The minimum atomic E-state index is -4.84. The molecule has 2 aliphatic rings. The number of rotatable bonds is 8. The molecular weight excluding hydrogens is 567 g/mol. The van der Waals surface area contributed by atoms with Crippen molar-refractivity contribution in [3.8, 4) is 17.2 Å². The highest BCUT2D eigenvalue weighted by atomic mass is 32.2. The van der Waals surface area contributed by atoms with E-state index in [1.807, 2.05) is 59.8 Å². The first kappa shape index (κ1) is 28.6. The number of hydrogen-bond donors (Lipinski definition) is 2. The van der Waals surface area contributed by atoms with E-state index < -0.39 is 39.4 Å². The first-order valence-corrected chi connectivity index (χ1v) is 15.0. The van der Waals surface area contributed by atoms with E-state index >= 15 is 0 Å². The number of nitrogens with zero attached hydrogens (tertiary/aromatic N) is 2. The van der Waals surface area contributed by atoms with E-state index in [0.29, 0.717) is 17.9 Å². The molecule has 0 bridgehead atoms. The topological polar surface area (TPSA) is 92.6 Å². The van der Waals surface area contributed by atoms with Crippen LogP contribution >= 0.6 is 11.9 Å². The lowest BCUT2D eigenvalue weighted by atomic mass is 10.1. The molecule has 2 N–H and O–H groups in total. The fraction of sp³-hybridized carbons (Fsp3) is 0.333. The molecule has 0 aromatic heterocycles. The molecule has 0 amide bonds. The van der Waals surface area contributed by atoms with Crippen molar-refractivity contribution in [2.45, 2.75) is 42.0 Å². The average molecular weight is 596 g/mol. The largest absolute Gasteiger partial charge is 0.573 e. The third-order valence-electron chi connectivity index (χ3n) is 6.19. The van der Waals surface area contributed by atoms with Gasteiger partial charge in [-0.15, -0.1) is 13.2 Å². The summed E-state index contributed by atoms with van der Waals surface area (Å²) in [5.74, 6) is 0.917. The molecule has 0 aliphatic carbocycles. The number of aliphatic hydroxyl groups excluding tert-OH is 1. The maximum atomic E-state index is 14.0. The Hall–Kier alpha value is -2.97. The van der Waals surface area contributed by atoms with Crippen LogP contribution in [0.1, 0.15) is 13.3 Å². The number of anilines is 2. The molecule has 8 nitrogen and oxygen atoms in total. The van der Waals surface area contributed by atoms with E-state index in [1.54, 1.807) is 0 Å². The van der Waals surface area contributed by atoms with Gasteiger partial charge in [0.1, 0.15) is 15.7 Å². The van der Waals surface area contributed by atoms with E-state index in [2.05, 4.69) is 13.8 Å². The number of benzene rings is 3. The summed E-state index contributed by atoms with van der Waals surface area (Å²) < 4.78 is 76.9. The lowest BCUT2D eigenvalue weighted by Crippen LogP contribution is -2.55. The number of nitrogens with one attached hydrogen (secondary N) is 1. The normalized spacial score (nSPS) is 21.9. The summed E-state index contributed by atoms with van der Waals surface area (Å²) in [6.07, 6.45) is -5.23. The Morgan fingerprint density at radius 3 is 2.27 bits per heavy atom. The first-order valence-electron chi connectivity index (χ1n) is 12.6. The molecule has 5 rings (SSSR count). The summed E-state index contributed by atoms with van der Waals surface area (Å²) in [5, 5.41) is 11.0. The van der Waals surface area contributed by atoms with Crippen LogP contribution in [0.15, 0.2) is 82.1 Å². The van der Waals surface area contributed by atoms with Crippen molar-refractivity contribution < 1.29 is 36.7 Å². The summed E-state index contributed by atoms with van der Waals surface area (Å²) in [7, 11) is -3.32. The quantitative estimate of drug-likeness (QED) is 0.307. The van der Waals surface area contributed by atoms with Crippen molar-refractivity contribution in [3.05, 3.63) is 72.8 Å². The van der Waals surface area contributed by atoms with Crippen LogP contribution in [0.5, 0.6) is 17.2 Å². The van der Waals surface area contributed by atoms with Crippen LogP contribution in [0.2, 0.25) is 0 Å². The van der Waals surface area contributed by atoms with Gasteiger partial charge in [-0.25, -0.2) is 13.3 Å². The number of aliphatic hydroxyl groups is 1. The fourth-order valence-electron chi connectivity index (χ4n) is 4.31. The van der Waals surface area contributed by atoms with Gasteiger partial charge < -0.3 is 19.3 Å². The van der Waals surface area contributed by atoms with E-state index in [-0.39, 0.29) is 24.7 Å². The highest BCUT2D eigenvalue weighted by Crippen LogP contribution is 2.50. The van der Waals surface area contributed by atoms with Gasteiger partial charge in [-0.3, -0.25) is 4.31 Å². The Morgan fingerprint density at radius 2 is 1.68 bits per heavy atom. The Balaban J connectivity index is 1.38. The van der Waals surface area contributed by atoms with Crippen molar-refractivity contribution in [1.29, 1.82) is 0 Å². The molecule has 2 heterocycles. The second-order valence-electron chi connectivity index (χ2n) is 9.13. The number of alkyl halides is 3. The molecule has 3 aromatic rings. The van der Waals surface area contributed by atoms with Crippen LogP contribution in [-0.4, -0.2) is 52.8 Å². The molecule has 214 valence electrons. The Bertz CT molecular complexity index is 1400. The van der Waals surface area contributed by atoms with Crippen LogP contribution < -0.4 is 18.5 Å². The number of hydrogen-bond acceptors (Lipinski definition) is 8. The monoisotopic (exact) mass is 595 g/mol. The first-order chi connectivity index (χ1) is 19.2. The van der Waals surface area contributed by atoms with Gasteiger partial charge in [0.2, 0.25) is 0 Å². The minimum absolute atomic E-state index is 0.0718. The summed E-state index contributed by atoms with van der Waals surface area (Å²) in [4.78, 5) is 0.175. The molecule has 1 fully saturated rings. The Kier molecular flexibility index (Phi) is 8.47. The highest BCUT2D eigenvalue weighted by Gasteiger charge is 2.39. The molecule has 3 aromatic carbocycles. The van der Waals surface area contributed by atoms with E-state index in [0.717, 1.165) is 23.5 Å². The molecular formula is C27H28F3N3O5S2. The van der Waals surface area contributed by atoms with E-state index in [1.165, 1.54) is 24.1 Å². The standard InChI is InChI=1S/C27H28F3N3O5S2/c1-2-15-31-40(35,19-13-11-18(12-14-19)38-27(28,29)30)32-20-16-36-17-25(26(20)34)39-33-21-7-3-5-9-23(21)37-24-10-6-4-8-22(24)33/h3-14,20,25-26,34H,2,15-17H2,1H3,(H,31,32,35)/t20-,25?,26-,40?/m0/s1. The van der Waals surface area contributed by atoms with Crippen molar-refractivity contribution >= 4 is 33.2 Å². The predicted octanol–water partition coefficient (Wildman–Crippen LogP) is 6.05. The zero-order valence-electron chi connectivity index (χ0n) is 21.4. The molecule has 2 unspecified atom stereocenters. The SMILES string of the molecule is CCCN=S(=O)(N[C@H]1COCC(SN2c3ccccc3Oc3ccccc32)[C@H]1O)c1ccc(OC(F)(F)F)cc1. The number of ether oxygens (including phenoxy) is 3. The van der Waals surface area contributed by atoms with E-state index in [9.17, 15) is 22.5 Å². The molecule has 40 heavy (non-hydrogen) atoms. The van der Waals surface area contributed by atoms with E-state index in [4.69, 9.17) is 9.47 Å². The van der Waals surface area contributed by atoms with Gasteiger partial charge in [0.15, 0.2) is 11.5 Å². The summed E-state index contributed by atoms with van der Waals surface area (Å²) in [6, 6.07) is 19.1. The molecule has 4 atom stereocenters. The Labute approximate surface area is 234 Å². The zero-order chi connectivity index (χ0) is 28.3. The van der Waals surface area contributed by atoms with Gasteiger partial charge in [0.25, 0.3) is 0 Å². The minimum Gasteiger partial charge on any atom is -0.453 e. The second-order valence-corrected chi connectivity index (χ2v) is 12.3. The van der Waals surface area contributed by atoms with Crippen LogP contribution in [0.25, 0.3) is 0 Å². The molecule has 0 saturated carbocycles. The van der Waals surface area contributed by atoms with Crippen molar-refractivity contribution in [1.82, 2.24) is 4.72 Å². The maximum Gasteiger partial charge on any atom is 0.573 e. The summed E-state index contributed by atoms with van der Waals surface area (Å²) in [5.41, 5.74) is 1.63.